The van der Waals surface area contributed by atoms with Crippen molar-refractivity contribution in [1.82, 2.24) is 0 Å². The summed E-state index contributed by atoms with van der Waals surface area (Å²) in [5.74, 6) is -0.898. The number of rotatable bonds is 9. The quantitative estimate of drug-likeness (QED) is 0.153. The van der Waals surface area contributed by atoms with Crippen LogP contribution in [0.2, 0.25) is 0 Å². The molecule has 0 aliphatic heterocycles. The SMILES string of the molecule is C=CC(=O)OC.COC(=O)/C=C/c1cccc(S(=O)(=O)Nc2ccccc2)c1.O=S(=O)(Nc1ccccc1)c1cccc(Br)c1. The Morgan fingerprint density at radius 1 is 0.667 bits per heavy atom. The molecule has 0 saturated carbocycles. The molecule has 0 atom stereocenters. The summed E-state index contributed by atoms with van der Waals surface area (Å²) in [6.07, 6.45) is 3.84. The molecule has 0 heterocycles. The molecule has 236 valence electrons. The monoisotopic (exact) mass is 714 g/mol. The predicted octanol–water partition coefficient (Wildman–Crippen LogP) is 6.27. The number of ether oxygens (including phenoxy) is 2. The van der Waals surface area contributed by atoms with E-state index < -0.39 is 32.0 Å². The third-order valence-electron chi connectivity index (χ3n) is 5.31. The van der Waals surface area contributed by atoms with Gasteiger partial charge in [-0.3, -0.25) is 9.44 Å². The Bertz CT molecular complexity index is 1810. The molecule has 0 bridgehead atoms. The van der Waals surface area contributed by atoms with Crippen LogP contribution < -0.4 is 9.44 Å². The van der Waals surface area contributed by atoms with E-state index in [1.807, 2.05) is 6.07 Å². The fourth-order valence-corrected chi connectivity index (χ4v) is 5.94. The molecule has 2 N–H and O–H groups in total. The number of halogens is 1. The number of para-hydroxylation sites is 2. The number of benzene rings is 4. The Balaban J connectivity index is 0.000000272. The van der Waals surface area contributed by atoms with E-state index in [-0.39, 0.29) is 9.79 Å². The van der Waals surface area contributed by atoms with E-state index in [0.717, 1.165) is 10.5 Å². The summed E-state index contributed by atoms with van der Waals surface area (Å²) in [7, 11) is -4.61. The van der Waals surface area contributed by atoms with Gasteiger partial charge in [-0.1, -0.05) is 77.1 Å². The predicted molar refractivity (Wildman–Crippen MR) is 178 cm³/mol. The van der Waals surface area contributed by atoms with E-state index in [0.29, 0.717) is 16.9 Å². The van der Waals surface area contributed by atoms with Crippen LogP contribution >= 0.6 is 15.9 Å². The van der Waals surface area contributed by atoms with Gasteiger partial charge in [0.25, 0.3) is 20.0 Å². The molecule has 4 aromatic rings. The molecule has 45 heavy (non-hydrogen) atoms. The van der Waals surface area contributed by atoms with Gasteiger partial charge in [0.1, 0.15) is 0 Å². The van der Waals surface area contributed by atoms with Gasteiger partial charge in [0.15, 0.2) is 0 Å². The van der Waals surface area contributed by atoms with Crippen molar-refractivity contribution in [1.29, 1.82) is 0 Å². The Morgan fingerprint density at radius 2 is 1.13 bits per heavy atom. The van der Waals surface area contributed by atoms with Crippen molar-refractivity contribution in [2.45, 2.75) is 9.79 Å². The summed E-state index contributed by atoms with van der Waals surface area (Å²) in [5.41, 5.74) is 1.62. The maximum Gasteiger partial charge on any atom is 0.330 e. The highest BCUT2D eigenvalue weighted by atomic mass is 79.9. The fourth-order valence-electron chi connectivity index (χ4n) is 3.18. The van der Waals surface area contributed by atoms with Crippen LogP contribution in [0.25, 0.3) is 6.08 Å². The van der Waals surface area contributed by atoms with Crippen molar-refractivity contribution in [3.8, 4) is 0 Å². The number of esters is 2. The lowest BCUT2D eigenvalue weighted by Gasteiger charge is -2.08. The van der Waals surface area contributed by atoms with Gasteiger partial charge in [-0.05, 0) is 66.2 Å². The molecule has 0 radical (unpaired) electrons. The maximum atomic E-state index is 12.3. The van der Waals surface area contributed by atoms with Gasteiger partial charge in [0.05, 0.1) is 24.0 Å². The average Bonchev–Trinajstić information content (AvgIpc) is 3.04. The first-order valence-electron chi connectivity index (χ1n) is 12.9. The van der Waals surface area contributed by atoms with Crippen LogP contribution in [0.15, 0.2) is 142 Å². The topological polar surface area (TPSA) is 145 Å². The van der Waals surface area contributed by atoms with Crippen molar-refractivity contribution >= 4 is 65.4 Å². The van der Waals surface area contributed by atoms with E-state index in [4.69, 9.17) is 0 Å². The third kappa shape index (κ3) is 13.2. The van der Waals surface area contributed by atoms with Crippen LogP contribution in [0.4, 0.5) is 11.4 Å². The molecule has 0 aliphatic rings. The van der Waals surface area contributed by atoms with Crippen LogP contribution in [0.1, 0.15) is 5.56 Å². The molecule has 0 amide bonds. The lowest BCUT2D eigenvalue weighted by atomic mass is 10.2. The smallest absolute Gasteiger partial charge is 0.330 e. The summed E-state index contributed by atoms with van der Waals surface area (Å²) in [6.45, 7) is 3.16. The number of nitrogens with one attached hydrogen (secondary N) is 2. The van der Waals surface area contributed by atoms with Crippen molar-refractivity contribution in [2.24, 2.45) is 0 Å². The first kappa shape index (κ1) is 36.5. The minimum absolute atomic E-state index is 0.114. The number of sulfonamides is 2. The standard InChI is InChI=1S/C16H15NO4S.C12H10BrNO2S.C4H6O2/c1-21-16(18)11-10-13-6-5-9-15(12-13)22(19,20)17-14-7-3-2-4-8-14;13-10-5-4-8-12(9-10)17(15,16)14-11-6-2-1-3-7-11;1-3-4(5)6-2/h2-12,17H,1H3;1-9,14H;3H,1H2,2H3/b11-10+;;. The van der Waals surface area contributed by atoms with Crippen molar-refractivity contribution in [2.75, 3.05) is 23.7 Å². The summed E-state index contributed by atoms with van der Waals surface area (Å²) in [6, 6.07) is 30.3. The van der Waals surface area contributed by atoms with E-state index in [1.165, 1.54) is 38.5 Å². The minimum atomic E-state index is -3.68. The van der Waals surface area contributed by atoms with Crippen molar-refractivity contribution in [3.05, 3.63) is 138 Å². The second-order valence-corrected chi connectivity index (χ2v) is 12.8. The Morgan fingerprint density at radius 3 is 1.56 bits per heavy atom. The first-order chi connectivity index (χ1) is 21.4. The molecule has 0 aliphatic carbocycles. The highest BCUT2D eigenvalue weighted by molar-refractivity contribution is 9.10. The zero-order chi connectivity index (χ0) is 33.3. The minimum Gasteiger partial charge on any atom is -0.466 e. The zero-order valence-corrected chi connectivity index (χ0v) is 27.5. The van der Waals surface area contributed by atoms with Gasteiger partial charge in [0, 0.05) is 28.0 Å². The van der Waals surface area contributed by atoms with Gasteiger partial charge < -0.3 is 9.47 Å². The second kappa shape index (κ2) is 18.2. The van der Waals surface area contributed by atoms with E-state index >= 15 is 0 Å². The van der Waals surface area contributed by atoms with Gasteiger partial charge in [-0.25, -0.2) is 26.4 Å². The molecule has 13 heteroatoms. The molecule has 0 unspecified atom stereocenters. The van der Waals surface area contributed by atoms with Gasteiger partial charge in [-0.15, -0.1) is 0 Å². The Kier molecular flexibility index (Phi) is 14.7. The lowest BCUT2D eigenvalue weighted by molar-refractivity contribution is -0.135. The van der Waals surface area contributed by atoms with Crippen molar-refractivity contribution < 1.29 is 35.9 Å². The van der Waals surface area contributed by atoms with Crippen LogP contribution in [-0.4, -0.2) is 43.0 Å². The maximum absolute atomic E-state index is 12.3. The van der Waals surface area contributed by atoms with Gasteiger partial charge in [-0.2, -0.15) is 0 Å². The number of hydrogen-bond donors (Lipinski definition) is 2. The van der Waals surface area contributed by atoms with Crippen LogP contribution in [0.5, 0.6) is 0 Å². The van der Waals surface area contributed by atoms with Crippen LogP contribution in [0.3, 0.4) is 0 Å². The fraction of sp³-hybridized carbons (Fsp3) is 0.0625. The second-order valence-electron chi connectivity index (χ2n) is 8.56. The number of carbonyl (C=O) groups excluding carboxylic acids is 2. The highest BCUT2D eigenvalue weighted by Gasteiger charge is 2.15. The normalized spacial score (nSPS) is 10.6. The molecular formula is C32H31BrN2O8S2. The van der Waals surface area contributed by atoms with Gasteiger partial charge in [0.2, 0.25) is 0 Å². The Hall–Kier alpha value is -4.72. The lowest BCUT2D eigenvalue weighted by Crippen LogP contribution is -2.12. The zero-order valence-electron chi connectivity index (χ0n) is 24.3. The molecule has 10 nitrogen and oxygen atoms in total. The highest BCUT2D eigenvalue weighted by Crippen LogP contribution is 2.20. The molecule has 4 aromatic carbocycles. The molecular weight excluding hydrogens is 684 g/mol. The number of carbonyl (C=O) groups is 2. The van der Waals surface area contributed by atoms with Crippen LogP contribution in [0, 0.1) is 0 Å². The summed E-state index contributed by atoms with van der Waals surface area (Å²) in [5, 5.41) is 0. The van der Waals surface area contributed by atoms with Gasteiger partial charge >= 0.3 is 11.9 Å². The van der Waals surface area contributed by atoms with E-state index in [2.05, 4.69) is 41.4 Å². The van der Waals surface area contributed by atoms with E-state index in [9.17, 15) is 26.4 Å². The summed E-state index contributed by atoms with van der Waals surface area (Å²) < 4.78 is 63.1. The largest absolute Gasteiger partial charge is 0.466 e. The molecule has 0 spiro atoms. The molecule has 4 rings (SSSR count). The number of anilines is 2. The summed E-state index contributed by atoms with van der Waals surface area (Å²) >= 11 is 3.25. The first-order valence-corrected chi connectivity index (χ1v) is 16.6. The Labute approximate surface area is 271 Å². The van der Waals surface area contributed by atoms with Crippen molar-refractivity contribution in [3.63, 3.8) is 0 Å². The molecule has 0 saturated heterocycles. The van der Waals surface area contributed by atoms with Crippen LogP contribution in [-0.2, 0) is 39.1 Å². The molecule has 0 aromatic heterocycles. The van der Waals surface area contributed by atoms with E-state index in [1.54, 1.807) is 91.0 Å². The molecule has 0 fully saturated rings. The summed E-state index contributed by atoms with van der Waals surface area (Å²) in [4.78, 5) is 21.3. The average molecular weight is 716 g/mol. The number of methoxy groups -OCH3 is 2. The third-order valence-corrected chi connectivity index (χ3v) is 8.56. The number of hydrogen-bond acceptors (Lipinski definition) is 8.